The summed E-state index contributed by atoms with van der Waals surface area (Å²) in [5, 5.41) is 0. The first-order valence-corrected chi connectivity index (χ1v) is 7.36. The average Bonchev–Trinajstić information content (AvgIpc) is 2.64. The largest absolute Gasteiger partial charge is 0.460 e. The van der Waals surface area contributed by atoms with Gasteiger partial charge in [-0.1, -0.05) is 0 Å². The molecule has 0 amide bonds. The zero-order valence-electron chi connectivity index (χ0n) is 14.2. The number of rotatable bonds is 3. The lowest BCUT2D eigenvalue weighted by molar-refractivity contribution is -0.426. The molecule has 0 N–H and O–H groups in total. The Bertz CT molecular complexity index is 1020. The maximum absolute atomic E-state index is 14.6. The molecule has 1 atom stereocenters. The summed E-state index contributed by atoms with van der Waals surface area (Å²) in [6.07, 6.45) is -7.81. The van der Waals surface area contributed by atoms with E-state index in [0.717, 1.165) is 0 Å². The second-order valence-corrected chi connectivity index (χ2v) is 6.36. The van der Waals surface area contributed by atoms with Gasteiger partial charge in [-0.2, -0.15) is 57.1 Å². The number of hydrogen-bond acceptors (Lipinski definition) is 1. The lowest BCUT2D eigenvalue weighted by Gasteiger charge is -2.47. The van der Waals surface area contributed by atoms with Crippen molar-refractivity contribution in [1.29, 1.82) is 0 Å². The van der Waals surface area contributed by atoms with Crippen molar-refractivity contribution in [3.63, 3.8) is 0 Å². The molecule has 0 saturated heterocycles. The van der Waals surface area contributed by atoms with E-state index in [1.807, 2.05) is 0 Å². The van der Waals surface area contributed by atoms with Crippen molar-refractivity contribution >= 4 is 5.78 Å². The molecular formula is C14F18O. The van der Waals surface area contributed by atoms with Crippen molar-refractivity contribution < 1.29 is 83.8 Å². The monoisotopic (exact) mass is 526 g/mol. The summed E-state index contributed by atoms with van der Waals surface area (Å²) in [4.78, 5) is 11.7. The minimum absolute atomic E-state index is 3.42. The van der Waals surface area contributed by atoms with Crippen LogP contribution >= 0.6 is 0 Å². The highest BCUT2D eigenvalue weighted by molar-refractivity contribution is 6.07. The van der Waals surface area contributed by atoms with E-state index < -0.39 is 81.6 Å². The van der Waals surface area contributed by atoms with Crippen molar-refractivity contribution in [2.24, 2.45) is 0 Å². The van der Waals surface area contributed by atoms with Crippen molar-refractivity contribution in [3.05, 3.63) is 34.4 Å². The van der Waals surface area contributed by atoms with Gasteiger partial charge in [0.15, 0.2) is 23.3 Å². The van der Waals surface area contributed by atoms with Crippen LogP contribution in [0, 0.1) is 23.3 Å². The molecule has 0 aromatic heterocycles. The topological polar surface area (TPSA) is 17.1 Å². The van der Waals surface area contributed by atoms with Crippen LogP contribution in [0.1, 0.15) is 15.9 Å². The number of alkyl halides is 14. The zero-order chi connectivity index (χ0) is 26.5. The Morgan fingerprint density at radius 3 is 1.36 bits per heavy atom. The fourth-order valence-corrected chi connectivity index (χ4v) is 2.76. The smallest absolute Gasteiger partial charge is 0.290 e. The molecule has 188 valence electrons. The number of hydrogen-bond donors (Lipinski definition) is 0. The molecule has 0 radical (unpaired) electrons. The maximum Gasteiger partial charge on any atom is 0.460 e. The Hall–Kier alpha value is -2.37. The van der Waals surface area contributed by atoms with E-state index in [9.17, 15) is 83.8 Å². The molecule has 0 bridgehead atoms. The summed E-state index contributed by atoms with van der Waals surface area (Å²) in [5.74, 6) is -58.9. The van der Waals surface area contributed by atoms with Gasteiger partial charge in [-0.05, 0) is 0 Å². The van der Waals surface area contributed by atoms with Crippen LogP contribution in [0.25, 0.3) is 0 Å². The number of carbonyl (C=O) groups is 1. The van der Waals surface area contributed by atoms with Gasteiger partial charge in [-0.3, -0.25) is 4.79 Å². The molecule has 0 aliphatic heterocycles. The molecule has 19 heteroatoms. The van der Waals surface area contributed by atoms with Crippen molar-refractivity contribution in [2.75, 3.05) is 0 Å². The van der Waals surface area contributed by atoms with Crippen molar-refractivity contribution in [1.82, 2.24) is 0 Å². The summed E-state index contributed by atoms with van der Waals surface area (Å²) in [6, 6.07) is 0. The summed E-state index contributed by atoms with van der Waals surface area (Å²) in [6.45, 7) is 0. The Morgan fingerprint density at radius 2 is 0.970 bits per heavy atom. The van der Waals surface area contributed by atoms with Crippen LogP contribution < -0.4 is 0 Å². The van der Waals surface area contributed by atoms with Gasteiger partial charge in [-0.25, -0.2) is 22.0 Å². The minimum Gasteiger partial charge on any atom is -0.290 e. The summed E-state index contributed by atoms with van der Waals surface area (Å²) < 4.78 is 242. The van der Waals surface area contributed by atoms with Gasteiger partial charge in [0, 0.05) is 0 Å². The molecule has 1 aromatic rings. The second kappa shape index (κ2) is 6.61. The predicted octanol–water partition coefficient (Wildman–Crippen LogP) is 6.34. The quantitative estimate of drug-likeness (QED) is 0.255. The number of benzene rings is 1. The number of halogens is 18. The molecule has 2 rings (SSSR count). The molecule has 1 aromatic carbocycles. The van der Waals surface area contributed by atoms with Crippen LogP contribution in [0.15, 0.2) is 0 Å². The van der Waals surface area contributed by atoms with E-state index >= 15 is 0 Å². The van der Waals surface area contributed by atoms with Gasteiger partial charge < -0.3 is 0 Å². The van der Waals surface area contributed by atoms with Crippen molar-refractivity contribution in [3.8, 4) is 0 Å². The summed E-state index contributed by atoms with van der Waals surface area (Å²) in [7, 11) is 0. The van der Waals surface area contributed by atoms with Gasteiger partial charge >= 0.3 is 41.5 Å². The van der Waals surface area contributed by atoms with Crippen LogP contribution in [0.2, 0.25) is 0 Å². The molecule has 1 aliphatic rings. The SMILES string of the molecule is O=C1c2c(F)c(F)c(F)c(F)c2C(F)(F)C(F)(F)C1(F)C(F)(F)C(F)(F)C(F)(F)C(F)(F)F. The minimum atomic E-state index is -8.48. The first-order chi connectivity index (χ1) is 14.3. The van der Waals surface area contributed by atoms with E-state index in [4.69, 9.17) is 0 Å². The molecule has 0 saturated carbocycles. The van der Waals surface area contributed by atoms with Gasteiger partial charge in [0.25, 0.3) is 0 Å². The van der Waals surface area contributed by atoms with Gasteiger partial charge in [0.2, 0.25) is 5.78 Å². The van der Waals surface area contributed by atoms with E-state index in [0.29, 0.717) is 0 Å². The molecular weight excluding hydrogens is 526 g/mol. The number of Topliss-reactive ketones (excluding diaryl/α,β-unsaturated/α-hetero) is 1. The lowest BCUT2D eigenvalue weighted by Crippen LogP contribution is -2.77. The van der Waals surface area contributed by atoms with Crippen LogP contribution in [-0.4, -0.2) is 41.3 Å². The van der Waals surface area contributed by atoms with Gasteiger partial charge in [0.1, 0.15) is 0 Å². The fourth-order valence-electron chi connectivity index (χ4n) is 2.76. The Morgan fingerprint density at radius 1 is 0.576 bits per heavy atom. The number of fused-ring (bicyclic) bond motifs is 1. The highest BCUT2D eigenvalue weighted by Gasteiger charge is 2.95. The second-order valence-electron chi connectivity index (χ2n) is 6.36. The standard InChI is InChI=1S/C14F18O/c15-3-1-2(4(16)6(18)5(3)17)9(20,21)10(22,23)8(19,7(1)33)11(24,25)12(26,27)13(28,29)14(30,31)32. The zero-order valence-corrected chi connectivity index (χ0v) is 14.2. The highest BCUT2D eigenvalue weighted by Crippen LogP contribution is 2.66. The van der Waals surface area contributed by atoms with Gasteiger partial charge in [-0.15, -0.1) is 0 Å². The third-order valence-corrected chi connectivity index (χ3v) is 4.53. The molecule has 0 heterocycles. The van der Waals surface area contributed by atoms with Crippen molar-refractivity contribution in [2.45, 2.75) is 41.5 Å². The Kier molecular flexibility index (Phi) is 5.38. The maximum atomic E-state index is 14.6. The normalized spacial score (nSPS) is 23.5. The van der Waals surface area contributed by atoms with Crippen LogP contribution in [0.3, 0.4) is 0 Å². The number of carbonyl (C=O) groups excluding carboxylic acids is 1. The first kappa shape index (κ1) is 26.9. The van der Waals surface area contributed by atoms with E-state index in [1.54, 1.807) is 0 Å². The summed E-state index contributed by atoms with van der Waals surface area (Å²) >= 11 is 0. The lowest BCUT2D eigenvalue weighted by atomic mass is 9.69. The molecule has 0 spiro atoms. The first-order valence-electron chi connectivity index (χ1n) is 7.36. The van der Waals surface area contributed by atoms with E-state index in [1.165, 1.54) is 0 Å². The third-order valence-electron chi connectivity index (χ3n) is 4.53. The highest BCUT2D eigenvalue weighted by atomic mass is 19.4. The number of ketones is 1. The fraction of sp³-hybridized carbons (Fsp3) is 0.500. The molecule has 1 nitrogen and oxygen atoms in total. The molecule has 1 unspecified atom stereocenters. The van der Waals surface area contributed by atoms with Crippen LogP contribution in [-0.2, 0) is 5.92 Å². The Balaban J connectivity index is 3.07. The van der Waals surface area contributed by atoms with E-state index in [-0.39, 0.29) is 0 Å². The van der Waals surface area contributed by atoms with Crippen LogP contribution in [0.5, 0.6) is 0 Å². The Labute approximate surface area is 166 Å². The van der Waals surface area contributed by atoms with Gasteiger partial charge in [0.05, 0.1) is 11.1 Å². The molecule has 33 heavy (non-hydrogen) atoms. The molecule has 1 aliphatic carbocycles. The average molecular weight is 526 g/mol. The summed E-state index contributed by atoms with van der Waals surface area (Å²) in [5.41, 5.74) is -15.2. The van der Waals surface area contributed by atoms with Crippen LogP contribution in [0.4, 0.5) is 79.0 Å². The predicted molar refractivity (Wildman–Crippen MR) is 64.2 cm³/mol. The third kappa shape index (κ3) is 2.69. The molecule has 0 fully saturated rings. The van der Waals surface area contributed by atoms with E-state index in [2.05, 4.69) is 0 Å².